The molecule has 1 aromatic carbocycles. The largest absolute Gasteiger partial charge is 0.501 e. The molecule has 1 aromatic heterocycles. The fourth-order valence-corrected chi connectivity index (χ4v) is 6.52. The molecule has 3 aliphatic rings. The number of carbonyl (C=O) groups is 1. The van der Waals surface area contributed by atoms with Gasteiger partial charge in [0.25, 0.3) is 5.91 Å². The maximum atomic E-state index is 13.4. The van der Waals surface area contributed by atoms with Gasteiger partial charge in [0.05, 0.1) is 6.04 Å². The maximum Gasteiger partial charge on any atom is 0.316 e. The lowest BCUT2D eigenvalue weighted by Gasteiger charge is -2.42. The topological polar surface area (TPSA) is 110 Å². The second kappa shape index (κ2) is 8.48. The highest BCUT2D eigenvalue weighted by molar-refractivity contribution is 7.90. The summed E-state index contributed by atoms with van der Waals surface area (Å²) in [6, 6.07) is 7.38. The molecular formula is C26H29N3O5S. The molecule has 1 aliphatic heterocycles. The van der Waals surface area contributed by atoms with Gasteiger partial charge in [0.1, 0.15) is 0 Å². The third-order valence-corrected chi connectivity index (χ3v) is 8.30. The van der Waals surface area contributed by atoms with Gasteiger partial charge in [-0.2, -0.15) is 4.98 Å². The molecule has 35 heavy (non-hydrogen) atoms. The van der Waals surface area contributed by atoms with E-state index < -0.39 is 38.3 Å². The Morgan fingerprint density at radius 2 is 1.91 bits per heavy atom. The highest BCUT2D eigenvalue weighted by Crippen LogP contribution is 2.45. The number of rotatable bonds is 3. The number of allylic oxidation sites excluding steroid dienone is 4. The molecule has 0 saturated carbocycles. The molecule has 0 bridgehead atoms. The summed E-state index contributed by atoms with van der Waals surface area (Å²) >= 11 is 0. The van der Waals surface area contributed by atoms with Crippen LogP contribution in [-0.4, -0.2) is 52.7 Å². The zero-order valence-corrected chi connectivity index (χ0v) is 20.9. The number of carbonyl (C=O) groups excluding carboxylic acids is 1. The molecule has 0 spiro atoms. The lowest BCUT2D eigenvalue weighted by molar-refractivity contribution is 0.0563. The predicted octanol–water partition coefficient (Wildman–Crippen LogP) is 3.13. The van der Waals surface area contributed by atoms with Gasteiger partial charge in [-0.05, 0) is 56.2 Å². The number of amides is 1. The summed E-state index contributed by atoms with van der Waals surface area (Å²) in [7, 11) is -3.98. The van der Waals surface area contributed by atoms with Crippen LogP contribution in [0.2, 0.25) is 0 Å². The van der Waals surface area contributed by atoms with Crippen molar-refractivity contribution >= 4 is 15.7 Å². The lowest BCUT2D eigenvalue weighted by Crippen LogP contribution is -2.50. The van der Waals surface area contributed by atoms with Crippen LogP contribution < -0.4 is 5.56 Å². The van der Waals surface area contributed by atoms with Gasteiger partial charge < -0.3 is 14.6 Å². The number of aromatic nitrogens is 2. The van der Waals surface area contributed by atoms with Crippen LogP contribution in [0.5, 0.6) is 5.75 Å². The van der Waals surface area contributed by atoms with Crippen molar-refractivity contribution in [2.75, 3.05) is 12.8 Å². The van der Waals surface area contributed by atoms with Gasteiger partial charge in [0, 0.05) is 24.8 Å². The number of sulfone groups is 1. The first-order valence-electron chi connectivity index (χ1n) is 11.9. The van der Waals surface area contributed by atoms with Crippen LogP contribution >= 0.6 is 0 Å². The Balaban J connectivity index is 1.81. The Kier molecular flexibility index (Phi) is 5.70. The molecule has 1 amide bonds. The SMILES string of the molecule is CC(C)N1C[C@H](C2CC3=C(CCC=C3)Cc3ccccc32)n2c(S(C)(=O)=O)nc(=O)c(O)c2C1=O. The lowest BCUT2D eigenvalue weighted by atomic mass is 9.83. The molecule has 5 rings (SSSR count). The van der Waals surface area contributed by atoms with Crippen LogP contribution in [0.4, 0.5) is 0 Å². The Morgan fingerprint density at radius 3 is 2.63 bits per heavy atom. The first kappa shape index (κ1) is 23.5. The summed E-state index contributed by atoms with van der Waals surface area (Å²) in [4.78, 5) is 31.3. The van der Waals surface area contributed by atoms with E-state index in [-0.39, 0.29) is 24.2 Å². The Labute approximate surface area is 204 Å². The highest BCUT2D eigenvalue weighted by atomic mass is 32.2. The van der Waals surface area contributed by atoms with Crippen LogP contribution in [0.25, 0.3) is 0 Å². The van der Waals surface area contributed by atoms with E-state index in [2.05, 4.69) is 29.3 Å². The van der Waals surface area contributed by atoms with Crippen LogP contribution in [0.3, 0.4) is 0 Å². The summed E-state index contributed by atoms with van der Waals surface area (Å²) in [6.07, 6.45) is 8.75. The summed E-state index contributed by atoms with van der Waals surface area (Å²) in [6.45, 7) is 3.97. The van der Waals surface area contributed by atoms with Crippen molar-refractivity contribution in [1.82, 2.24) is 14.5 Å². The smallest absolute Gasteiger partial charge is 0.316 e. The number of hydrogen-bond acceptors (Lipinski definition) is 6. The average molecular weight is 496 g/mol. The molecule has 0 radical (unpaired) electrons. The minimum absolute atomic E-state index is 0.196. The van der Waals surface area contributed by atoms with Gasteiger partial charge in [0.15, 0.2) is 5.69 Å². The Hall–Kier alpha value is -3.20. The molecule has 8 nitrogen and oxygen atoms in total. The van der Waals surface area contributed by atoms with Crippen LogP contribution in [0.1, 0.15) is 66.7 Å². The third kappa shape index (κ3) is 3.91. The van der Waals surface area contributed by atoms with E-state index >= 15 is 0 Å². The number of nitrogens with zero attached hydrogens (tertiary/aromatic N) is 3. The van der Waals surface area contributed by atoms with Gasteiger partial charge in [-0.25, -0.2) is 8.42 Å². The highest BCUT2D eigenvalue weighted by Gasteiger charge is 2.43. The first-order chi connectivity index (χ1) is 16.6. The third-order valence-electron chi connectivity index (χ3n) is 7.35. The second-order valence-corrected chi connectivity index (χ2v) is 11.8. The summed E-state index contributed by atoms with van der Waals surface area (Å²) in [5.41, 5.74) is 3.44. The molecule has 1 unspecified atom stereocenters. The molecule has 2 heterocycles. The van der Waals surface area contributed by atoms with Crippen molar-refractivity contribution in [3.63, 3.8) is 0 Å². The van der Waals surface area contributed by atoms with Crippen molar-refractivity contribution < 1.29 is 18.3 Å². The molecule has 2 aliphatic carbocycles. The molecule has 184 valence electrons. The van der Waals surface area contributed by atoms with Gasteiger partial charge in [0.2, 0.25) is 20.7 Å². The fourth-order valence-electron chi connectivity index (χ4n) is 5.69. The first-order valence-corrected chi connectivity index (χ1v) is 13.8. The van der Waals surface area contributed by atoms with Crippen LogP contribution in [0.15, 0.2) is 57.5 Å². The summed E-state index contributed by atoms with van der Waals surface area (Å²) in [5, 5.41) is 10.2. The van der Waals surface area contributed by atoms with Crippen molar-refractivity contribution in [3.8, 4) is 5.75 Å². The molecule has 1 N–H and O–H groups in total. The van der Waals surface area contributed by atoms with E-state index in [1.54, 1.807) is 4.90 Å². The number of hydrogen-bond donors (Lipinski definition) is 1. The molecule has 0 saturated heterocycles. The predicted molar refractivity (Wildman–Crippen MR) is 131 cm³/mol. The number of aromatic hydroxyl groups is 1. The van der Waals surface area contributed by atoms with E-state index in [1.165, 1.54) is 21.3 Å². The van der Waals surface area contributed by atoms with Gasteiger partial charge in [-0.1, -0.05) is 42.0 Å². The van der Waals surface area contributed by atoms with E-state index in [4.69, 9.17) is 0 Å². The van der Waals surface area contributed by atoms with E-state index in [9.17, 15) is 23.1 Å². The number of fused-ring (bicyclic) bond motifs is 2. The zero-order chi connectivity index (χ0) is 25.1. The zero-order valence-electron chi connectivity index (χ0n) is 20.1. The standard InChI is InChI=1S/C26H29N3O5S/c1-15(2)28-14-21(29-22(25(28)32)23(30)24(31)27-26(29)35(3,33)34)20-13-17-9-5-4-8-16(17)12-18-10-6-7-11-19(18)20/h5-7,9-11,15,20-21,30H,4,8,12-14H2,1-3H3/t20?,21-/m1/s1. The average Bonchev–Trinajstić information content (AvgIpc) is 2.97. The van der Waals surface area contributed by atoms with E-state index in [0.717, 1.165) is 31.1 Å². The summed E-state index contributed by atoms with van der Waals surface area (Å²) < 4.78 is 26.9. The Bertz CT molecular complexity index is 1450. The molecule has 2 atom stereocenters. The van der Waals surface area contributed by atoms with Crippen LogP contribution in [0, 0.1) is 0 Å². The second-order valence-electron chi connectivity index (χ2n) is 9.91. The van der Waals surface area contributed by atoms with Gasteiger partial charge in [-0.3, -0.25) is 9.59 Å². The van der Waals surface area contributed by atoms with Crippen molar-refractivity contribution in [2.45, 2.75) is 62.7 Å². The molecular weight excluding hydrogens is 466 g/mol. The number of benzene rings is 1. The van der Waals surface area contributed by atoms with Crippen molar-refractivity contribution in [1.29, 1.82) is 0 Å². The van der Waals surface area contributed by atoms with E-state index in [1.807, 2.05) is 26.0 Å². The van der Waals surface area contributed by atoms with Gasteiger partial charge >= 0.3 is 5.56 Å². The molecule has 9 heteroatoms. The summed E-state index contributed by atoms with van der Waals surface area (Å²) in [5.74, 6) is -1.58. The molecule has 2 aromatic rings. The normalized spacial score (nSPS) is 22.1. The van der Waals surface area contributed by atoms with Crippen molar-refractivity contribution in [2.24, 2.45) is 0 Å². The van der Waals surface area contributed by atoms with Crippen molar-refractivity contribution in [3.05, 3.63) is 74.7 Å². The minimum Gasteiger partial charge on any atom is -0.501 e. The van der Waals surface area contributed by atoms with Crippen LogP contribution in [-0.2, 0) is 16.3 Å². The maximum absolute atomic E-state index is 13.4. The quantitative estimate of drug-likeness (QED) is 0.655. The molecule has 0 fully saturated rings. The monoisotopic (exact) mass is 495 g/mol. The fraction of sp³-hybridized carbons (Fsp3) is 0.423. The van der Waals surface area contributed by atoms with E-state index in [0.29, 0.717) is 6.42 Å². The minimum atomic E-state index is -3.98. The van der Waals surface area contributed by atoms with Gasteiger partial charge in [-0.15, -0.1) is 0 Å². The Morgan fingerprint density at radius 1 is 1.17 bits per heavy atom.